The second-order valence-corrected chi connectivity index (χ2v) is 11.6. The van der Waals surface area contributed by atoms with E-state index in [0.29, 0.717) is 31.8 Å². The molecule has 0 radical (unpaired) electrons. The van der Waals surface area contributed by atoms with Gasteiger partial charge in [-0.2, -0.15) is 4.31 Å². The molecular weight excluding hydrogens is 432 g/mol. The fourth-order valence-corrected chi connectivity index (χ4v) is 7.58. The summed E-state index contributed by atoms with van der Waals surface area (Å²) in [7, 11) is -4.37. The van der Waals surface area contributed by atoms with Gasteiger partial charge in [-0.05, 0) is 31.5 Å². The highest BCUT2D eigenvalue weighted by atomic mass is 32.2. The van der Waals surface area contributed by atoms with Crippen LogP contribution < -0.4 is 9.47 Å². The molecule has 1 aromatic rings. The molecule has 0 spiro atoms. The lowest BCUT2D eigenvalue weighted by Gasteiger charge is -2.30. The maximum Gasteiger partial charge on any atom is 0.247 e. The van der Waals surface area contributed by atoms with E-state index in [-0.39, 0.29) is 28.7 Å². The Kier molecular flexibility index (Phi) is 7.61. The van der Waals surface area contributed by atoms with Gasteiger partial charge in [0.1, 0.15) is 16.4 Å². The molecule has 170 valence electrons. The molecule has 0 saturated carbocycles. The van der Waals surface area contributed by atoms with Crippen LogP contribution in [0.3, 0.4) is 0 Å². The Hall–Kier alpha value is -1.40. The zero-order valence-electron chi connectivity index (χ0n) is 17.4. The summed E-state index contributed by atoms with van der Waals surface area (Å²) in [6.45, 7) is 3.93. The minimum Gasteiger partial charge on any atom is -0.497 e. The third-order valence-electron chi connectivity index (χ3n) is 5.53. The summed E-state index contributed by atoms with van der Waals surface area (Å²) in [5, 5.41) is 0. The van der Waals surface area contributed by atoms with Crippen molar-refractivity contribution in [2.24, 2.45) is 0 Å². The number of morpholine rings is 1. The lowest BCUT2D eigenvalue weighted by molar-refractivity contribution is 0.0367. The molecule has 0 aliphatic carbocycles. The van der Waals surface area contributed by atoms with E-state index < -0.39 is 25.9 Å². The maximum atomic E-state index is 13.6. The molecule has 30 heavy (non-hydrogen) atoms. The molecule has 1 aromatic carbocycles. The summed E-state index contributed by atoms with van der Waals surface area (Å²) in [5.74, 6) is 0.440. The van der Waals surface area contributed by atoms with Gasteiger partial charge in [-0.1, -0.05) is 0 Å². The summed E-state index contributed by atoms with van der Waals surface area (Å²) < 4.78 is 68.5. The molecule has 0 amide bonds. The SMILES string of the molecule is COc1ccc(OC)c(S(=O)(=O)N(CCCN2CCOCC2)[C@H]2CCS(=O)(=O)C2)c1. The molecule has 2 fully saturated rings. The van der Waals surface area contributed by atoms with E-state index in [0.717, 1.165) is 19.6 Å². The Bertz CT molecular complexity index is 928. The predicted molar refractivity (Wildman–Crippen MR) is 112 cm³/mol. The molecule has 0 aromatic heterocycles. The van der Waals surface area contributed by atoms with Crippen LogP contribution in [0.1, 0.15) is 12.8 Å². The van der Waals surface area contributed by atoms with Gasteiger partial charge in [-0.15, -0.1) is 0 Å². The van der Waals surface area contributed by atoms with Gasteiger partial charge < -0.3 is 14.2 Å². The number of ether oxygens (including phenoxy) is 3. The minimum absolute atomic E-state index is 0.00238. The summed E-state index contributed by atoms with van der Waals surface area (Å²) in [5.41, 5.74) is 0. The van der Waals surface area contributed by atoms with Crippen LogP contribution in [0.25, 0.3) is 0 Å². The maximum absolute atomic E-state index is 13.6. The third kappa shape index (κ3) is 5.44. The van der Waals surface area contributed by atoms with Crippen LogP contribution in [0.5, 0.6) is 11.5 Å². The molecule has 3 rings (SSSR count). The third-order valence-corrected chi connectivity index (χ3v) is 9.25. The van der Waals surface area contributed by atoms with Crippen LogP contribution >= 0.6 is 0 Å². The van der Waals surface area contributed by atoms with Crippen molar-refractivity contribution in [2.75, 3.05) is 65.1 Å². The van der Waals surface area contributed by atoms with Crippen LogP contribution in [0, 0.1) is 0 Å². The quantitative estimate of drug-likeness (QED) is 0.526. The molecule has 2 heterocycles. The molecule has 2 saturated heterocycles. The summed E-state index contributed by atoms with van der Waals surface area (Å²) in [6.07, 6.45) is 0.896. The Labute approximate surface area is 178 Å². The van der Waals surface area contributed by atoms with Crippen molar-refractivity contribution >= 4 is 19.9 Å². The van der Waals surface area contributed by atoms with Crippen LogP contribution in [0.2, 0.25) is 0 Å². The fraction of sp³-hybridized carbons (Fsp3) is 0.684. The molecule has 2 aliphatic rings. The first-order valence-corrected chi connectivity index (χ1v) is 13.3. The number of sulfone groups is 1. The van der Waals surface area contributed by atoms with Gasteiger partial charge in [0, 0.05) is 31.7 Å². The molecular formula is C19H30N2O7S2. The summed E-state index contributed by atoms with van der Waals surface area (Å²) >= 11 is 0. The van der Waals surface area contributed by atoms with Gasteiger partial charge in [0.25, 0.3) is 0 Å². The highest BCUT2D eigenvalue weighted by molar-refractivity contribution is 7.92. The second kappa shape index (κ2) is 9.82. The molecule has 2 aliphatic heterocycles. The molecule has 0 N–H and O–H groups in total. The van der Waals surface area contributed by atoms with Gasteiger partial charge in [0.15, 0.2) is 9.84 Å². The van der Waals surface area contributed by atoms with Gasteiger partial charge >= 0.3 is 0 Å². The fourth-order valence-electron chi connectivity index (χ4n) is 3.89. The van der Waals surface area contributed by atoms with Crippen LogP contribution in [-0.2, 0) is 24.6 Å². The Morgan fingerprint density at radius 1 is 1.20 bits per heavy atom. The standard InChI is InChI=1S/C19H30N2O7S2/c1-26-17-4-5-18(27-2)19(14-17)30(24,25)21(16-6-13-29(22,23)15-16)8-3-7-20-9-11-28-12-10-20/h4-5,14,16H,3,6-13,15H2,1-2H3/t16-/m0/s1. The Balaban J connectivity index is 1.86. The van der Waals surface area contributed by atoms with E-state index in [9.17, 15) is 16.8 Å². The number of benzene rings is 1. The van der Waals surface area contributed by atoms with Crippen molar-refractivity contribution in [3.8, 4) is 11.5 Å². The van der Waals surface area contributed by atoms with E-state index >= 15 is 0 Å². The molecule has 1 atom stereocenters. The average molecular weight is 463 g/mol. The van der Waals surface area contributed by atoms with Crippen LogP contribution in [-0.4, -0.2) is 97.2 Å². The Morgan fingerprint density at radius 3 is 2.53 bits per heavy atom. The van der Waals surface area contributed by atoms with E-state index in [2.05, 4.69) is 4.90 Å². The molecule has 0 bridgehead atoms. The van der Waals surface area contributed by atoms with Crippen LogP contribution in [0.15, 0.2) is 23.1 Å². The smallest absolute Gasteiger partial charge is 0.247 e. The Morgan fingerprint density at radius 2 is 1.93 bits per heavy atom. The first-order chi connectivity index (χ1) is 14.3. The minimum atomic E-state index is -3.99. The van der Waals surface area contributed by atoms with Crippen molar-refractivity contribution in [1.82, 2.24) is 9.21 Å². The van der Waals surface area contributed by atoms with E-state index in [1.807, 2.05) is 0 Å². The van der Waals surface area contributed by atoms with Crippen molar-refractivity contribution in [2.45, 2.75) is 23.8 Å². The number of hydrogen-bond acceptors (Lipinski definition) is 8. The lowest BCUT2D eigenvalue weighted by atomic mass is 10.2. The molecule has 9 nitrogen and oxygen atoms in total. The molecule has 0 unspecified atom stereocenters. The predicted octanol–water partition coefficient (Wildman–Crippen LogP) is 0.604. The molecule has 11 heteroatoms. The number of rotatable bonds is 9. The largest absolute Gasteiger partial charge is 0.497 e. The highest BCUT2D eigenvalue weighted by Crippen LogP contribution is 2.33. The van der Waals surface area contributed by atoms with Crippen molar-refractivity contribution < 1.29 is 31.0 Å². The van der Waals surface area contributed by atoms with Gasteiger partial charge in [-0.25, -0.2) is 16.8 Å². The van der Waals surface area contributed by atoms with E-state index in [1.165, 1.54) is 24.6 Å². The second-order valence-electron chi connectivity index (χ2n) is 7.50. The van der Waals surface area contributed by atoms with Gasteiger partial charge in [0.05, 0.1) is 38.9 Å². The van der Waals surface area contributed by atoms with E-state index in [1.54, 1.807) is 12.1 Å². The summed E-state index contributed by atoms with van der Waals surface area (Å²) in [4.78, 5) is 2.21. The van der Waals surface area contributed by atoms with Gasteiger partial charge in [-0.3, -0.25) is 4.90 Å². The first-order valence-electron chi connectivity index (χ1n) is 10.0. The van der Waals surface area contributed by atoms with E-state index in [4.69, 9.17) is 14.2 Å². The topological polar surface area (TPSA) is 102 Å². The zero-order chi connectivity index (χ0) is 21.8. The number of sulfonamides is 1. The van der Waals surface area contributed by atoms with Crippen molar-refractivity contribution in [3.05, 3.63) is 18.2 Å². The van der Waals surface area contributed by atoms with Crippen molar-refractivity contribution in [3.63, 3.8) is 0 Å². The number of methoxy groups -OCH3 is 2. The van der Waals surface area contributed by atoms with Crippen molar-refractivity contribution in [1.29, 1.82) is 0 Å². The van der Waals surface area contributed by atoms with Crippen LogP contribution in [0.4, 0.5) is 0 Å². The highest BCUT2D eigenvalue weighted by Gasteiger charge is 2.39. The lowest BCUT2D eigenvalue weighted by Crippen LogP contribution is -2.43. The number of nitrogens with zero attached hydrogens (tertiary/aromatic N) is 2. The summed E-state index contributed by atoms with van der Waals surface area (Å²) in [6, 6.07) is 4.01. The average Bonchev–Trinajstić information content (AvgIpc) is 3.10. The zero-order valence-corrected chi connectivity index (χ0v) is 19.1. The normalized spacial score (nSPS) is 22.3. The van der Waals surface area contributed by atoms with Gasteiger partial charge in [0.2, 0.25) is 10.0 Å². The monoisotopic (exact) mass is 462 g/mol. The first kappa shape index (κ1) is 23.3. The number of hydrogen-bond donors (Lipinski definition) is 0.